The number of rotatable bonds is 6. The van der Waals surface area contributed by atoms with E-state index in [9.17, 15) is 0 Å². The van der Waals surface area contributed by atoms with Gasteiger partial charge in [-0.15, -0.1) is 0 Å². The zero-order valence-corrected chi connectivity index (χ0v) is 10.2. The molecule has 0 aliphatic heterocycles. The van der Waals surface area contributed by atoms with Crippen molar-refractivity contribution in [2.75, 3.05) is 13.2 Å². The summed E-state index contributed by atoms with van der Waals surface area (Å²) >= 11 is 0. The average Bonchev–Trinajstić information content (AvgIpc) is 2.77. The molecule has 0 bridgehead atoms. The van der Waals surface area contributed by atoms with E-state index in [1.807, 2.05) is 25.1 Å². The maximum Gasteiger partial charge on any atom is 0.107 e. The van der Waals surface area contributed by atoms with Crippen LogP contribution >= 0.6 is 0 Å². The van der Waals surface area contributed by atoms with Gasteiger partial charge in [0.15, 0.2) is 0 Å². The van der Waals surface area contributed by atoms with Gasteiger partial charge in [0.25, 0.3) is 0 Å². The summed E-state index contributed by atoms with van der Waals surface area (Å²) in [5, 5.41) is 0. The fraction of sp³-hybridized carbons (Fsp3) is 0.462. The van der Waals surface area contributed by atoms with Crippen molar-refractivity contribution in [2.45, 2.75) is 26.3 Å². The lowest BCUT2D eigenvalue weighted by Crippen LogP contribution is -1.98. The molecular weight excluding hydrogens is 214 g/mol. The van der Waals surface area contributed by atoms with Gasteiger partial charge in [0.2, 0.25) is 0 Å². The van der Waals surface area contributed by atoms with Crippen LogP contribution < -0.4 is 5.73 Å². The standard InChI is InChI=1S/C13H19N3O/c1-2-17-8-4-7-12-15-11-6-3-5-10(9-14)13(11)16-12/h3,5-6H,2,4,7-9,14H2,1H3,(H,15,16). The number of hydrogen-bond donors (Lipinski definition) is 2. The van der Waals surface area contributed by atoms with E-state index in [2.05, 4.69) is 9.97 Å². The third-order valence-corrected chi connectivity index (χ3v) is 2.77. The maximum atomic E-state index is 5.69. The van der Waals surface area contributed by atoms with Crippen molar-refractivity contribution in [2.24, 2.45) is 5.73 Å². The minimum atomic E-state index is 0.528. The van der Waals surface area contributed by atoms with Crippen LogP contribution in [0, 0.1) is 0 Å². The molecule has 1 aromatic heterocycles. The van der Waals surface area contributed by atoms with E-state index in [0.29, 0.717) is 6.54 Å². The highest BCUT2D eigenvalue weighted by molar-refractivity contribution is 5.78. The smallest absolute Gasteiger partial charge is 0.107 e. The van der Waals surface area contributed by atoms with Crippen LogP contribution in [-0.4, -0.2) is 23.2 Å². The second kappa shape index (κ2) is 5.80. The highest BCUT2D eigenvalue weighted by atomic mass is 16.5. The molecule has 0 saturated carbocycles. The molecule has 0 atom stereocenters. The van der Waals surface area contributed by atoms with Crippen molar-refractivity contribution in [1.29, 1.82) is 0 Å². The molecule has 2 rings (SSSR count). The lowest BCUT2D eigenvalue weighted by molar-refractivity contribution is 0.145. The van der Waals surface area contributed by atoms with Crippen molar-refractivity contribution < 1.29 is 4.74 Å². The zero-order chi connectivity index (χ0) is 12.1. The summed E-state index contributed by atoms with van der Waals surface area (Å²) in [7, 11) is 0. The Labute approximate surface area is 101 Å². The van der Waals surface area contributed by atoms with Crippen LogP contribution in [0.3, 0.4) is 0 Å². The molecule has 92 valence electrons. The minimum absolute atomic E-state index is 0.528. The van der Waals surface area contributed by atoms with Crippen LogP contribution in [0.25, 0.3) is 11.0 Å². The number of hydrogen-bond acceptors (Lipinski definition) is 3. The maximum absolute atomic E-state index is 5.69. The normalized spacial score (nSPS) is 11.2. The second-order valence-corrected chi connectivity index (χ2v) is 4.00. The minimum Gasteiger partial charge on any atom is -0.382 e. The molecule has 17 heavy (non-hydrogen) atoms. The molecule has 0 saturated heterocycles. The fourth-order valence-electron chi connectivity index (χ4n) is 1.91. The highest BCUT2D eigenvalue weighted by Gasteiger charge is 2.05. The molecule has 0 radical (unpaired) electrons. The molecule has 0 unspecified atom stereocenters. The number of nitrogens with one attached hydrogen (secondary N) is 1. The number of fused-ring (bicyclic) bond motifs is 1. The molecule has 0 fully saturated rings. The van der Waals surface area contributed by atoms with Crippen LogP contribution in [0.5, 0.6) is 0 Å². The van der Waals surface area contributed by atoms with Crippen LogP contribution in [0.2, 0.25) is 0 Å². The van der Waals surface area contributed by atoms with Gasteiger partial charge in [-0.3, -0.25) is 0 Å². The summed E-state index contributed by atoms with van der Waals surface area (Å²) in [6, 6.07) is 6.06. The first-order valence-corrected chi connectivity index (χ1v) is 6.09. The Hall–Kier alpha value is -1.39. The quantitative estimate of drug-likeness (QED) is 0.750. The summed E-state index contributed by atoms with van der Waals surface area (Å²) in [6.45, 7) is 4.10. The number of para-hydroxylation sites is 1. The number of aryl methyl sites for hydroxylation is 1. The van der Waals surface area contributed by atoms with Gasteiger partial charge in [-0.2, -0.15) is 0 Å². The Balaban J connectivity index is 2.09. The first-order chi connectivity index (χ1) is 8.35. The van der Waals surface area contributed by atoms with Gasteiger partial charge in [-0.05, 0) is 25.0 Å². The molecule has 4 nitrogen and oxygen atoms in total. The fourth-order valence-corrected chi connectivity index (χ4v) is 1.91. The van der Waals surface area contributed by atoms with Gasteiger partial charge in [0, 0.05) is 26.2 Å². The highest BCUT2D eigenvalue weighted by Crippen LogP contribution is 2.16. The third kappa shape index (κ3) is 2.84. The molecule has 4 heteroatoms. The molecular formula is C13H19N3O. The van der Waals surface area contributed by atoms with E-state index in [1.54, 1.807) is 0 Å². The molecule has 1 aromatic carbocycles. The van der Waals surface area contributed by atoms with Crippen LogP contribution in [0.15, 0.2) is 18.2 Å². The monoisotopic (exact) mass is 233 g/mol. The van der Waals surface area contributed by atoms with Gasteiger partial charge in [0.05, 0.1) is 11.0 Å². The predicted molar refractivity (Wildman–Crippen MR) is 68.8 cm³/mol. The Morgan fingerprint density at radius 2 is 2.29 bits per heavy atom. The molecule has 1 heterocycles. The molecule has 0 aliphatic rings. The van der Waals surface area contributed by atoms with Crippen LogP contribution in [-0.2, 0) is 17.7 Å². The Kier molecular flexibility index (Phi) is 4.12. The van der Waals surface area contributed by atoms with Crippen molar-refractivity contribution in [1.82, 2.24) is 9.97 Å². The lowest BCUT2D eigenvalue weighted by atomic mass is 10.2. The predicted octanol–water partition coefficient (Wildman–Crippen LogP) is 1.99. The van der Waals surface area contributed by atoms with Gasteiger partial charge in [0.1, 0.15) is 5.82 Å². The van der Waals surface area contributed by atoms with E-state index < -0.39 is 0 Å². The van der Waals surface area contributed by atoms with Crippen molar-refractivity contribution in [3.8, 4) is 0 Å². The van der Waals surface area contributed by atoms with Crippen molar-refractivity contribution in [3.63, 3.8) is 0 Å². The van der Waals surface area contributed by atoms with E-state index in [1.165, 1.54) is 0 Å². The molecule has 0 amide bonds. The Bertz CT molecular complexity index is 478. The van der Waals surface area contributed by atoms with Gasteiger partial charge < -0.3 is 15.5 Å². The van der Waals surface area contributed by atoms with E-state index in [0.717, 1.165) is 48.5 Å². The number of H-pyrrole nitrogens is 1. The number of aromatic nitrogens is 2. The zero-order valence-electron chi connectivity index (χ0n) is 10.2. The Morgan fingerprint density at radius 3 is 3.06 bits per heavy atom. The molecule has 2 aromatic rings. The van der Waals surface area contributed by atoms with E-state index in [-0.39, 0.29) is 0 Å². The number of ether oxygens (including phenoxy) is 1. The van der Waals surface area contributed by atoms with E-state index in [4.69, 9.17) is 10.5 Å². The van der Waals surface area contributed by atoms with Crippen LogP contribution in [0.4, 0.5) is 0 Å². The summed E-state index contributed by atoms with van der Waals surface area (Å²) < 4.78 is 5.31. The summed E-state index contributed by atoms with van der Waals surface area (Å²) in [5.74, 6) is 1.01. The summed E-state index contributed by atoms with van der Waals surface area (Å²) in [4.78, 5) is 7.92. The summed E-state index contributed by atoms with van der Waals surface area (Å²) in [6.07, 6.45) is 1.91. The first kappa shape index (κ1) is 12.1. The van der Waals surface area contributed by atoms with Crippen molar-refractivity contribution in [3.05, 3.63) is 29.6 Å². The van der Waals surface area contributed by atoms with Gasteiger partial charge in [-0.25, -0.2) is 4.98 Å². The van der Waals surface area contributed by atoms with Crippen molar-refractivity contribution >= 4 is 11.0 Å². The lowest BCUT2D eigenvalue weighted by Gasteiger charge is -1.98. The average molecular weight is 233 g/mol. The number of aromatic amines is 1. The Morgan fingerprint density at radius 1 is 1.41 bits per heavy atom. The molecule has 0 aliphatic carbocycles. The van der Waals surface area contributed by atoms with E-state index >= 15 is 0 Å². The number of imidazole rings is 1. The third-order valence-electron chi connectivity index (χ3n) is 2.77. The molecule has 3 N–H and O–H groups in total. The number of benzene rings is 1. The van der Waals surface area contributed by atoms with Gasteiger partial charge in [-0.1, -0.05) is 12.1 Å². The molecule has 0 spiro atoms. The first-order valence-electron chi connectivity index (χ1n) is 6.09. The van der Waals surface area contributed by atoms with Crippen LogP contribution in [0.1, 0.15) is 24.7 Å². The summed E-state index contributed by atoms with van der Waals surface area (Å²) in [5.41, 5.74) is 8.85. The number of nitrogens with zero attached hydrogens (tertiary/aromatic N) is 1. The number of nitrogens with two attached hydrogens (primary N) is 1. The second-order valence-electron chi connectivity index (χ2n) is 4.00. The largest absolute Gasteiger partial charge is 0.382 e. The topological polar surface area (TPSA) is 63.9 Å². The SMILES string of the molecule is CCOCCCc1nc2c(CN)cccc2[nH]1. The van der Waals surface area contributed by atoms with Gasteiger partial charge >= 0.3 is 0 Å².